The van der Waals surface area contributed by atoms with E-state index < -0.39 is 16.4 Å². The molecular formula is C14H28OSi2. The molecular weight excluding hydrogens is 240 g/mol. The summed E-state index contributed by atoms with van der Waals surface area (Å²) in [6, 6.07) is 0. The first-order valence-corrected chi connectivity index (χ1v) is 13.2. The van der Waals surface area contributed by atoms with Crippen LogP contribution in [0.5, 0.6) is 0 Å². The summed E-state index contributed by atoms with van der Waals surface area (Å²) < 4.78 is 6.17. The smallest absolute Gasteiger partial charge is 0.184 e. The van der Waals surface area contributed by atoms with E-state index in [1.54, 1.807) is 0 Å². The zero-order chi connectivity index (χ0) is 13.7. The maximum atomic E-state index is 6.17. The van der Waals surface area contributed by atoms with Crippen molar-refractivity contribution in [3.05, 3.63) is 12.7 Å². The molecule has 3 heteroatoms. The van der Waals surface area contributed by atoms with Gasteiger partial charge in [-0.15, -0.1) is 18.0 Å². The van der Waals surface area contributed by atoms with Crippen molar-refractivity contribution in [2.24, 2.45) is 0 Å². The van der Waals surface area contributed by atoms with Crippen molar-refractivity contribution in [3.63, 3.8) is 0 Å². The summed E-state index contributed by atoms with van der Waals surface area (Å²) in [6.45, 7) is 19.5. The molecule has 0 N–H and O–H groups in total. The Morgan fingerprint density at radius 2 is 1.71 bits per heavy atom. The van der Waals surface area contributed by atoms with E-state index >= 15 is 0 Å². The maximum absolute atomic E-state index is 6.17. The van der Waals surface area contributed by atoms with Gasteiger partial charge in [0.15, 0.2) is 8.32 Å². The average Bonchev–Trinajstić information content (AvgIpc) is 2.08. The summed E-state index contributed by atoms with van der Waals surface area (Å²) in [7, 11) is -2.75. The topological polar surface area (TPSA) is 9.23 Å². The van der Waals surface area contributed by atoms with Crippen LogP contribution in [-0.4, -0.2) is 22.0 Å². The van der Waals surface area contributed by atoms with E-state index in [0.717, 1.165) is 12.8 Å². The highest BCUT2D eigenvalue weighted by Crippen LogP contribution is 2.23. The largest absolute Gasteiger partial charge is 0.409 e. The van der Waals surface area contributed by atoms with Gasteiger partial charge in [-0.25, -0.2) is 0 Å². The predicted octanol–water partition coefficient (Wildman–Crippen LogP) is 4.44. The van der Waals surface area contributed by atoms with Gasteiger partial charge in [0.05, 0.1) is 5.60 Å². The monoisotopic (exact) mass is 268 g/mol. The summed E-state index contributed by atoms with van der Waals surface area (Å²) >= 11 is 0. The van der Waals surface area contributed by atoms with Crippen molar-refractivity contribution in [2.45, 2.75) is 64.6 Å². The Kier molecular flexibility index (Phi) is 5.93. The highest BCUT2D eigenvalue weighted by molar-refractivity contribution is 6.83. The predicted molar refractivity (Wildman–Crippen MR) is 83.4 cm³/mol. The second-order valence-corrected chi connectivity index (χ2v) is 16.0. The molecule has 0 amide bonds. The van der Waals surface area contributed by atoms with Crippen LogP contribution in [0.25, 0.3) is 0 Å². The van der Waals surface area contributed by atoms with Crippen molar-refractivity contribution in [1.82, 2.24) is 0 Å². The number of hydrogen-bond donors (Lipinski definition) is 0. The molecule has 1 nitrogen and oxygen atoms in total. The van der Waals surface area contributed by atoms with Crippen LogP contribution in [0.1, 0.15) is 19.8 Å². The van der Waals surface area contributed by atoms with E-state index in [1.165, 1.54) is 0 Å². The Bertz CT molecular complexity index is 312. The molecule has 0 saturated carbocycles. The van der Waals surface area contributed by atoms with Crippen LogP contribution < -0.4 is 0 Å². The van der Waals surface area contributed by atoms with Crippen LogP contribution in [0.4, 0.5) is 0 Å². The molecule has 0 unspecified atom stereocenters. The van der Waals surface area contributed by atoms with Gasteiger partial charge in [0, 0.05) is 6.42 Å². The molecule has 0 fully saturated rings. The fraction of sp³-hybridized carbons (Fsp3) is 0.714. The normalized spacial score (nSPS) is 15.7. The van der Waals surface area contributed by atoms with Crippen molar-refractivity contribution >= 4 is 16.4 Å². The molecule has 0 aliphatic heterocycles. The van der Waals surface area contributed by atoms with Gasteiger partial charge in [-0.3, -0.25) is 0 Å². The second-order valence-electron chi connectivity index (χ2n) is 6.78. The van der Waals surface area contributed by atoms with Gasteiger partial charge in [0.1, 0.15) is 8.07 Å². The zero-order valence-corrected chi connectivity index (χ0v) is 14.6. The van der Waals surface area contributed by atoms with Gasteiger partial charge in [0.25, 0.3) is 0 Å². The van der Waals surface area contributed by atoms with Crippen LogP contribution in [0.15, 0.2) is 12.7 Å². The van der Waals surface area contributed by atoms with E-state index in [9.17, 15) is 0 Å². The Morgan fingerprint density at radius 1 is 1.18 bits per heavy atom. The van der Waals surface area contributed by atoms with E-state index in [1.807, 2.05) is 6.08 Å². The fourth-order valence-electron chi connectivity index (χ4n) is 1.53. The van der Waals surface area contributed by atoms with Crippen molar-refractivity contribution in [3.8, 4) is 11.5 Å². The Labute approximate surface area is 110 Å². The molecule has 0 saturated heterocycles. The lowest BCUT2D eigenvalue weighted by molar-refractivity contribution is 0.124. The first-order valence-electron chi connectivity index (χ1n) is 6.31. The maximum Gasteiger partial charge on any atom is 0.184 e. The molecule has 17 heavy (non-hydrogen) atoms. The zero-order valence-electron chi connectivity index (χ0n) is 12.6. The molecule has 0 radical (unpaired) electrons. The van der Waals surface area contributed by atoms with Crippen molar-refractivity contribution < 1.29 is 4.43 Å². The van der Waals surface area contributed by atoms with Gasteiger partial charge in [-0.05, 0) is 33.0 Å². The van der Waals surface area contributed by atoms with Crippen LogP contribution in [-0.2, 0) is 4.43 Å². The summed E-state index contributed by atoms with van der Waals surface area (Å²) in [6.07, 6.45) is 3.77. The number of hydrogen-bond acceptors (Lipinski definition) is 1. The highest BCUT2D eigenvalue weighted by atomic mass is 28.4. The van der Waals surface area contributed by atoms with Crippen LogP contribution >= 0.6 is 0 Å². The molecule has 0 bridgehead atoms. The van der Waals surface area contributed by atoms with E-state index in [-0.39, 0.29) is 5.60 Å². The van der Waals surface area contributed by atoms with Gasteiger partial charge < -0.3 is 4.43 Å². The third-order valence-electron chi connectivity index (χ3n) is 2.18. The molecule has 0 spiro atoms. The summed E-state index contributed by atoms with van der Waals surface area (Å²) in [5.74, 6) is 3.30. The minimum absolute atomic E-state index is 0.210. The summed E-state index contributed by atoms with van der Waals surface area (Å²) in [5.41, 5.74) is 3.18. The summed E-state index contributed by atoms with van der Waals surface area (Å²) in [5, 5.41) is 0. The standard InChI is InChI=1S/C14H28OSi2/c1-9-14(2,15-17(6,7)8)12-10-11-13-16(3,4)5/h9H,1,10,12H2,2-8H3/t14-/m0/s1. The molecule has 0 aliphatic rings. The highest BCUT2D eigenvalue weighted by Gasteiger charge is 2.28. The quantitative estimate of drug-likeness (QED) is 0.407. The molecule has 0 aromatic heterocycles. The van der Waals surface area contributed by atoms with Gasteiger partial charge in [0.2, 0.25) is 0 Å². The molecule has 1 atom stereocenters. The first-order chi connectivity index (χ1) is 7.47. The third kappa shape index (κ3) is 9.40. The lowest BCUT2D eigenvalue weighted by Crippen LogP contribution is -2.39. The third-order valence-corrected chi connectivity index (χ3v) is 4.19. The van der Waals surface area contributed by atoms with Crippen molar-refractivity contribution in [1.29, 1.82) is 0 Å². The molecule has 0 aromatic carbocycles. The molecule has 0 heterocycles. The van der Waals surface area contributed by atoms with Crippen LogP contribution in [0, 0.1) is 11.5 Å². The SMILES string of the molecule is C=C[C@@](C)(CCC#C[Si](C)(C)C)O[Si](C)(C)C. The Balaban J connectivity index is 4.40. The van der Waals surface area contributed by atoms with Gasteiger partial charge in [-0.1, -0.05) is 25.7 Å². The lowest BCUT2D eigenvalue weighted by Gasteiger charge is -2.33. The minimum atomic E-state index is -1.52. The molecule has 0 aliphatic carbocycles. The molecule has 98 valence electrons. The van der Waals surface area contributed by atoms with E-state index in [0.29, 0.717) is 0 Å². The van der Waals surface area contributed by atoms with E-state index in [2.05, 4.69) is 64.2 Å². The Hall–Kier alpha value is -0.306. The Morgan fingerprint density at radius 3 is 2.06 bits per heavy atom. The van der Waals surface area contributed by atoms with Gasteiger partial charge >= 0.3 is 0 Å². The van der Waals surface area contributed by atoms with Crippen LogP contribution in [0.3, 0.4) is 0 Å². The summed E-state index contributed by atoms with van der Waals surface area (Å²) in [4.78, 5) is 0. The first kappa shape index (κ1) is 16.7. The lowest BCUT2D eigenvalue weighted by atomic mass is 10.0. The van der Waals surface area contributed by atoms with Gasteiger partial charge in [-0.2, -0.15) is 0 Å². The average molecular weight is 269 g/mol. The minimum Gasteiger partial charge on any atom is -0.409 e. The van der Waals surface area contributed by atoms with Crippen LogP contribution in [0.2, 0.25) is 39.3 Å². The number of rotatable bonds is 5. The van der Waals surface area contributed by atoms with E-state index in [4.69, 9.17) is 4.43 Å². The second kappa shape index (κ2) is 6.04. The van der Waals surface area contributed by atoms with Crippen molar-refractivity contribution in [2.75, 3.05) is 0 Å². The molecule has 0 rings (SSSR count). The fourth-order valence-corrected chi connectivity index (χ4v) is 3.77. The molecule has 0 aromatic rings.